The molecular weight excluding hydrogens is 455 g/mol. The zero-order chi connectivity index (χ0) is 21.8. The molecule has 0 saturated heterocycles. The summed E-state index contributed by atoms with van der Waals surface area (Å²) in [5.41, 5.74) is 3.48. The van der Waals surface area contributed by atoms with E-state index < -0.39 is 5.97 Å². The van der Waals surface area contributed by atoms with Crippen molar-refractivity contribution in [3.8, 4) is 5.75 Å². The first-order valence-electron chi connectivity index (χ1n) is 9.10. The number of halogens is 2. The molecule has 1 amide bonds. The number of ether oxygens (including phenoxy) is 1. The highest BCUT2D eigenvalue weighted by molar-refractivity contribution is 7.21. The standard InChI is InChI=1S/C23H14Cl2N2O3S/c24-18-7-3-1-5-16(18)23(29)30-15-11-9-14(10-12-15)13-26-27-22(28)21-20(25)17-6-2-4-8-19(17)31-21/h1-13H,(H,27,28). The van der Waals surface area contributed by atoms with Gasteiger partial charge in [0.15, 0.2) is 0 Å². The van der Waals surface area contributed by atoms with Gasteiger partial charge in [0.1, 0.15) is 10.6 Å². The van der Waals surface area contributed by atoms with Crippen molar-refractivity contribution in [1.82, 2.24) is 5.43 Å². The normalized spacial score (nSPS) is 11.0. The van der Waals surface area contributed by atoms with Gasteiger partial charge in [-0.05, 0) is 48.0 Å². The Morgan fingerprint density at radius 2 is 1.65 bits per heavy atom. The Bertz CT molecular complexity index is 1300. The Labute approximate surface area is 191 Å². The number of benzene rings is 3. The Morgan fingerprint density at radius 3 is 2.39 bits per heavy atom. The minimum atomic E-state index is -0.542. The summed E-state index contributed by atoms with van der Waals surface area (Å²) >= 11 is 13.6. The number of esters is 1. The fraction of sp³-hybridized carbons (Fsp3) is 0. The monoisotopic (exact) mass is 468 g/mol. The van der Waals surface area contributed by atoms with E-state index in [2.05, 4.69) is 10.5 Å². The number of carbonyl (C=O) groups excluding carboxylic acids is 2. The van der Waals surface area contributed by atoms with Crippen LogP contribution >= 0.6 is 34.5 Å². The molecule has 8 heteroatoms. The second kappa shape index (κ2) is 9.31. The fourth-order valence-corrected chi connectivity index (χ4v) is 4.41. The number of thiophene rings is 1. The quantitative estimate of drug-likeness (QED) is 0.164. The van der Waals surface area contributed by atoms with Gasteiger partial charge >= 0.3 is 5.97 Å². The maximum Gasteiger partial charge on any atom is 0.345 e. The molecule has 0 radical (unpaired) electrons. The van der Waals surface area contributed by atoms with Gasteiger partial charge in [0.2, 0.25) is 0 Å². The molecule has 3 aromatic carbocycles. The second-order valence-corrected chi connectivity index (χ2v) is 8.22. The van der Waals surface area contributed by atoms with Gasteiger partial charge in [-0.15, -0.1) is 11.3 Å². The number of nitrogens with one attached hydrogen (secondary N) is 1. The molecule has 0 unspecified atom stereocenters. The molecule has 4 aromatic rings. The maximum absolute atomic E-state index is 12.4. The molecule has 0 saturated carbocycles. The summed E-state index contributed by atoms with van der Waals surface area (Å²) in [5, 5.41) is 5.56. The van der Waals surface area contributed by atoms with Crippen molar-refractivity contribution in [3.05, 3.63) is 98.8 Å². The highest BCUT2D eigenvalue weighted by Gasteiger charge is 2.16. The fourth-order valence-electron chi connectivity index (χ4n) is 2.79. The summed E-state index contributed by atoms with van der Waals surface area (Å²) in [4.78, 5) is 25.0. The third-order valence-electron chi connectivity index (χ3n) is 4.31. The van der Waals surface area contributed by atoms with E-state index >= 15 is 0 Å². The highest BCUT2D eigenvalue weighted by atomic mass is 35.5. The van der Waals surface area contributed by atoms with Gasteiger partial charge in [0, 0.05) is 10.1 Å². The molecule has 1 N–H and O–H groups in total. The number of fused-ring (bicyclic) bond motifs is 1. The van der Waals surface area contributed by atoms with Crippen molar-refractivity contribution in [2.75, 3.05) is 0 Å². The van der Waals surface area contributed by atoms with Crippen LogP contribution in [0.15, 0.2) is 77.9 Å². The third-order valence-corrected chi connectivity index (χ3v) is 6.31. The number of amides is 1. The first-order valence-corrected chi connectivity index (χ1v) is 10.7. The van der Waals surface area contributed by atoms with Gasteiger partial charge in [-0.3, -0.25) is 4.79 Å². The minimum absolute atomic E-state index is 0.289. The molecule has 0 aliphatic heterocycles. The summed E-state index contributed by atoms with van der Waals surface area (Å²) in [6.07, 6.45) is 1.48. The second-order valence-electron chi connectivity index (χ2n) is 6.38. The predicted octanol–water partition coefficient (Wildman–Crippen LogP) is 6.19. The van der Waals surface area contributed by atoms with E-state index in [0.717, 1.165) is 10.1 Å². The molecule has 154 valence electrons. The summed E-state index contributed by atoms with van der Waals surface area (Å²) in [7, 11) is 0. The number of hydrazone groups is 1. The van der Waals surface area contributed by atoms with Gasteiger partial charge in [-0.1, -0.05) is 53.5 Å². The van der Waals surface area contributed by atoms with Crippen LogP contribution in [-0.4, -0.2) is 18.1 Å². The van der Waals surface area contributed by atoms with Gasteiger partial charge < -0.3 is 4.74 Å². The van der Waals surface area contributed by atoms with Crippen molar-refractivity contribution in [2.24, 2.45) is 5.10 Å². The zero-order valence-corrected chi connectivity index (χ0v) is 18.2. The zero-order valence-electron chi connectivity index (χ0n) is 15.8. The topological polar surface area (TPSA) is 67.8 Å². The van der Waals surface area contributed by atoms with E-state index in [1.165, 1.54) is 17.6 Å². The van der Waals surface area contributed by atoms with Gasteiger partial charge in [-0.25, -0.2) is 10.2 Å². The highest BCUT2D eigenvalue weighted by Crippen LogP contribution is 2.34. The lowest BCUT2D eigenvalue weighted by Gasteiger charge is -2.05. The van der Waals surface area contributed by atoms with Crippen LogP contribution in [-0.2, 0) is 0 Å². The van der Waals surface area contributed by atoms with E-state index in [0.29, 0.717) is 26.2 Å². The number of carbonyl (C=O) groups is 2. The van der Waals surface area contributed by atoms with E-state index in [1.54, 1.807) is 48.5 Å². The van der Waals surface area contributed by atoms with Crippen molar-refractivity contribution in [3.63, 3.8) is 0 Å². The lowest BCUT2D eigenvalue weighted by Crippen LogP contribution is -2.16. The van der Waals surface area contributed by atoms with E-state index in [1.807, 2.05) is 24.3 Å². The maximum atomic E-state index is 12.4. The van der Waals surface area contributed by atoms with E-state index in [9.17, 15) is 9.59 Å². The number of hydrogen-bond acceptors (Lipinski definition) is 5. The molecule has 0 atom stereocenters. The molecule has 0 spiro atoms. The molecule has 5 nitrogen and oxygen atoms in total. The average molecular weight is 469 g/mol. The molecule has 31 heavy (non-hydrogen) atoms. The average Bonchev–Trinajstić information content (AvgIpc) is 3.12. The van der Waals surface area contributed by atoms with Crippen LogP contribution in [0.2, 0.25) is 10.0 Å². The van der Waals surface area contributed by atoms with Crippen molar-refractivity contribution < 1.29 is 14.3 Å². The Kier molecular flexibility index (Phi) is 6.32. The SMILES string of the molecule is O=C(Oc1ccc(C=NNC(=O)c2sc3ccccc3c2Cl)cc1)c1ccccc1Cl. The van der Waals surface area contributed by atoms with Crippen LogP contribution in [0, 0.1) is 0 Å². The molecule has 0 aliphatic rings. The van der Waals surface area contributed by atoms with Gasteiger partial charge in [0.25, 0.3) is 5.91 Å². The Balaban J connectivity index is 1.38. The largest absolute Gasteiger partial charge is 0.423 e. The van der Waals surface area contributed by atoms with Crippen LogP contribution in [0.4, 0.5) is 0 Å². The lowest BCUT2D eigenvalue weighted by atomic mass is 10.2. The van der Waals surface area contributed by atoms with Crippen molar-refractivity contribution in [2.45, 2.75) is 0 Å². The van der Waals surface area contributed by atoms with Crippen LogP contribution in [0.1, 0.15) is 25.6 Å². The van der Waals surface area contributed by atoms with Crippen LogP contribution < -0.4 is 10.2 Å². The van der Waals surface area contributed by atoms with Crippen LogP contribution in [0.3, 0.4) is 0 Å². The first-order chi connectivity index (χ1) is 15.0. The Hall–Kier alpha value is -3.19. The summed E-state index contributed by atoms with van der Waals surface area (Å²) in [5.74, 6) is -0.560. The summed E-state index contributed by atoms with van der Waals surface area (Å²) in [6, 6.07) is 20.9. The lowest BCUT2D eigenvalue weighted by molar-refractivity contribution is 0.0734. The first kappa shape index (κ1) is 21.1. The Morgan fingerprint density at radius 1 is 0.935 bits per heavy atom. The molecule has 1 heterocycles. The molecule has 0 fully saturated rings. The minimum Gasteiger partial charge on any atom is -0.423 e. The van der Waals surface area contributed by atoms with Crippen LogP contribution in [0.25, 0.3) is 10.1 Å². The van der Waals surface area contributed by atoms with E-state index in [4.69, 9.17) is 27.9 Å². The molecule has 1 aromatic heterocycles. The smallest absolute Gasteiger partial charge is 0.345 e. The third kappa shape index (κ3) is 4.77. The molecule has 0 bridgehead atoms. The molecule has 0 aliphatic carbocycles. The number of nitrogens with zero attached hydrogens (tertiary/aromatic N) is 1. The van der Waals surface area contributed by atoms with Gasteiger partial charge in [0.05, 0.1) is 21.8 Å². The van der Waals surface area contributed by atoms with Gasteiger partial charge in [-0.2, -0.15) is 5.10 Å². The van der Waals surface area contributed by atoms with Crippen molar-refractivity contribution >= 4 is 62.7 Å². The summed E-state index contributed by atoms with van der Waals surface area (Å²) in [6.45, 7) is 0. The van der Waals surface area contributed by atoms with Crippen molar-refractivity contribution in [1.29, 1.82) is 0 Å². The number of hydrogen-bond donors (Lipinski definition) is 1. The molecular formula is C23H14Cl2N2O3S. The number of rotatable bonds is 5. The van der Waals surface area contributed by atoms with E-state index in [-0.39, 0.29) is 11.5 Å². The molecule has 4 rings (SSSR count). The summed E-state index contributed by atoms with van der Waals surface area (Å²) < 4.78 is 6.26. The predicted molar refractivity (Wildman–Crippen MR) is 125 cm³/mol. The van der Waals surface area contributed by atoms with Crippen LogP contribution in [0.5, 0.6) is 5.75 Å².